The highest BCUT2D eigenvalue weighted by Crippen LogP contribution is 2.35. The van der Waals surface area contributed by atoms with Crippen LogP contribution in [-0.2, 0) is 5.41 Å². The monoisotopic (exact) mass is 263 g/mol. The minimum absolute atomic E-state index is 0.126. The summed E-state index contributed by atoms with van der Waals surface area (Å²) in [6, 6.07) is 8.25. The summed E-state index contributed by atoms with van der Waals surface area (Å²) in [7, 11) is 0. The van der Waals surface area contributed by atoms with Crippen LogP contribution in [0.3, 0.4) is 0 Å². The smallest absolute Gasteiger partial charge is 0.0705 e. The number of pyridine rings is 1. The molecule has 0 N–H and O–H groups in total. The molecule has 1 aromatic carbocycles. The van der Waals surface area contributed by atoms with E-state index < -0.39 is 0 Å². The first-order chi connectivity index (χ1) is 7.00. The third-order valence-corrected chi connectivity index (χ3v) is 3.15. The van der Waals surface area contributed by atoms with Crippen molar-refractivity contribution in [1.29, 1.82) is 0 Å². The molecule has 15 heavy (non-hydrogen) atoms. The number of halogens is 1. The van der Waals surface area contributed by atoms with Gasteiger partial charge in [-0.05, 0) is 29.2 Å². The Kier molecular flexibility index (Phi) is 2.55. The van der Waals surface area contributed by atoms with E-state index in [2.05, 4.69) is 59.9 Å². The molecule has 0 aliphatic heterocycles. The molecule has 0 bridgehead atoms. The molecule has 2 aromatic rings. The van der Waals surface area contributed by atoms with Crippen LogP contribution in [0.4, 0.5) is 0 Å². The summed E-state index contributed by atoms with van der Waals surface area (Å²) in [5.41, 5.74) is 2.51. The molecule has 0 aliphatic carbocycles. The molecule has 1 aromatic heterocycles. The number of hydrogen-bond acceptors (Lipinski definition) is 1. The third-order valence-electron chi connectivity index (χ3n) is 2.48. The second-order valence-electron chi connectivity index (χ2n) is 4.74. The van der Waals surface area contributed by atoms with Crippen molar-refractivity contribution in [2.75, 3.05) is 0 Å². The largest absolute Gasteiger partial charge is 0.256 e. The van der Waals surface area contributed by atoms with Crippen molar-refractivity contribution in [3.05, 3.63) is 40.5 Å². The average molecular weight is 264 g/mol. The summed E-state index contributed by atoms with van der Waals surface area (Å²) >= 11 is 3.63. The normalized spacial score (nSPS) is 12.0. The molecule has 0 unspecified atom stereocenters. The SMILES string of the molecule is CC(C)(C)c1c(Br)ccc2ncccc12. The molecule has 0 saturated carbocycles. The van der Waals surface area contributed by atoms with E-state index in [1.54, 1.807) is 0 Å². The Labute approximate surface area is 98.7 Å². The maximum atomic E-state index is 4.38. The summed E-state index contributed by atoms with van der Waals surface area (Å²) in [5, 5.41) is 1.24. The molecule has 78 valence electrons. The Morgan fingerprint density at radius 2 is 1.87 bits per heavy atom. The minimum Gasteiger partial charge on any atom is -0.256 e. The fraction of sp³-hybridized carbons (Fsp3) is 0.308. The van der Waals surface area contributed by atoms with Gasteiger partial charge >= 0.3 is 0 Å². The Balaban J connectivity index is 2.86. The summed E-state index contributed by atoms with van der Waals surface area (Å²) in [4.78, 5) is 4.38. The van der Waals surface area contributed by atoms with Gasteiger partial charge in [0.2, 0.25) is 0 Å². The van der Waals surface area contributed by atoms with Gasteiger partial charge in [0.25, 0.3) is 0 Å². The number of benzene rings is 1. The fourth-order valence-electron chi connectivity index (χ4n) is 1.89. The molecular formula is C13H14BrN. The first-order valence-corrected chi connectivity index (χ1v) is 5.83. The lowest BCUT2D eigenvalue weighted by atomic mass is 9.84. The van der Waals surface area contributed by atoms with Gasteiger partial charge in [-0.2, -0.15) is 0 Å². The second kappa shape index (κ2) is 3.60. The molecule has 1 heterocycles. The fourth-order valence-corrected chi connectivity index (χ4v) is 2.83. The van der Waals surface area contributed by atoms with E-state index in [0.717, 1.165) is 9.99 Å². The van der Waals surface area contributed by atoms with E-state index in [9.17, 15) is 0 Å². The van der Waals surface area contributed by atoms with E-state index in [4.69, 9.17) is 0 Å². The number of aromatic nitrogens is 1. The number of fused-ring (bicyclic) bond motifs is 1. The molecule has 0 amide bonds. The number of hydrogen-bond donors (Lipinski definition) is 0. The average Bonchev–Trinajstić information content (AvgIpc) is 2.15. The van der Waals surface area contributed by atoms with E-state index >= 15 is 0 Å². The molecule has 1 nitrogen and oxygen atoms in total. The van der Waals surface area contributed by atoms with Gasteiger partial charge in [0, 0.05) is 16.1 Å². The topological polar surface area (TPSA) is 12.9 Å². The van der Waals surface area contributed by atoms with Gasteiger partial charge in [-0.25, -0.2) is 0 Å². The first kappa shape index (κ1) is 10.6. The van der Waals surface area contributed by atoms with Crippen molar-refractivity contribution in [2.45, 2.75) is 26.2 Å². The van der Waals surface area contributed by atoms with Gasteiger partial charge in [0.05, 0.1) is 5.52 Å². The highest BCUT2D eigenvalue weighted by atomic mass is 79.9. The van der Waals surface area contributed by atoms with Crippen LogP contribution in [0.1, 0.15) is 26.3 Å². The Hall–Kier alpha value is -0.890. The van der Waals surface area contributed by atoms with Crippen LogP contribution in [-0.4, -0.2) is 4.98 Å². The van der Waals surface area contributed by atoms with Crippen LogP contribution < -0.4 is 0 Å². The van der Waals surface area contributed by atoms with Gasteiger partial charge in [-0.15, -0.1) is 0 Å². The van der Waals surface area contributed by atoms with Crippen LogP contribution in [0.5, 0.6) is 0 Å². The maximum absolute atomic E-state index is 4.38. The molecule has 0 fully saturated rings. The van der Waals surface area contributed by atoms with Crippen molar-refractivity contribution in [2.24, 2.45) is 0 Å². The maximum Gasteiger partial charge on any atom is 0.0705 e. The zero-order valence-electron chi connectivity index (χ0n) is 9.21. The van der Waals surface area contributed by atoms with Crippen molar-refractivity contribution in [1.82, 2.24) is 4.98 Å². The zero-order chi connectivity index (χ0) is 11.1. The third kappa shape index (κ3) is 1.91. The van der Waals surface area contributed by atoms with E-state index in [0.29, 0.717) is 0 Å². The predicted molar refractivity (Wildman–Crippen MR) is 68.1 cm³/mol. The van der Waals surface area contributed by atoms with Gasteiger partial charge in [0.1, 0.15) is 0 Å². The molecule has 0 aliphatic rings. The van der Waals surface area contributed by atoms with Crippen LogP contribution in [0.25, 0.3) is 10.9 Å². The van der Waals surface area contributed by atoms with Crippen LogP contribution >= 0.6 is 15.9 Å². The van der Waals surface area contributed by atoms with E-state index in [1.807, 2.05) is 12.3 Å². The highest BCUT2D eigenvalue weighted by Gasteiger charge is 2.19. The number of rotatable bonds is 0. The molecule has 2 heteroatoms. The van der Waals surface area contributed by atoms with Gasteiger partial charge in [-0.3, -0.25) is 4.98 Å². The molecular weight excluding hydrogens is 250 g/mol. The predicted octanol–water partition coefficient (Wildman–Crippen LogP) is 4.29. The van der Waals surface area contributed by atoms with E-state index in [-0.39, 0.29) is 5.41 Å². The summed E-state index contributed by atoms with van der Waals surface area (Å²) in [5.74, 6) is 0. The lowest BCUT2D eigenvalue weighted by molar-refractivity contribution is 0.593. The van der Waals surface area contributed by atoms with Crippen LogP contribution in [0.2, 0.25) is 0 Å². The van der Waals surface area contributed by atoms with Crippen LogP contribution in [0.15, 0.2) is 34.9 Å². The quantitative estimate of drug-likeness (QED) is 0.691. The van der Waals surface area contributed by atoms with Crippen molar-refractivity contribution in [3.63, 3.8) is 0 Å². The Morgan fingerprint density at radius 1 is 1.13 bits per heavy atom. The summed E-state index contributed by atoms with van der Waals surface area (Å²) in [6.07, 6.45) is 1.84. The van der Waals surface area contributed by atoms with Crippen molar-refractivity contribution in [3.8, 4) is 0 Å². The van der Waals surface area contributed by atoms with Crippen molar-refractivity contribution >= 4 is 26.8 Å². The first-order valence-electron chi connectivity index (χ1n) is 5.04. The summed E-state index contributed by atoms with van der Waals surface area (Å²) < 4.78 is 1.16. The Bertz CT molecular complexity index is 497. The van der Waals surface area contributed by atoms with Crippen molar-refractivity contribution < 1.29 is 0 Å². The highest BCUT2D eigenvalue weighted by molar-refractivity contribution is 9.10. The standard InChI is InChI=1S/C13H14BrN/c1-13(2,3)12-9-5-4-8-15-11(9)7-6-10(12)14/h4-8H,1-3H3. The second-order valence-corrected chi connectivity index (χ2v) is 5.60. The van der Waals surface area contributed by atoms with Gasteiger partial charge < -0.3 is 0 Å². The zero-order valence-corrected chi connectivity index (χ0v) is 10.8. The lowest BCUT2D eigenvalue weighted by Gasteiger charge is -2.22. The molecule has 0 saturated heterocycles. The molecule has 0 radical (unpaired) electrons. The Morgan fingerprint density at radius 3 is 2.53 bits per heavy atom. The minimum atomic E-state index is 0.126. The summed E-state index contributed by atoms with van der Waals surface area (Å²) in [6.45, 7) is 6.67. The van der Waals surface area contributed by atoms with Gasteiger partial charge in [0.15, 0.2) is 0 Å². The van der Waals surface area contributed by atoms with E-state index in [1.165, 1.54) is 10.9 Å². The van der Waals surface area contributed by atoms with Crippen LogP contribution in [0, 0.1) is 0 Å². The number of nitrogens with zero attached hydrogens (tertiary/aromatic N) is 1. The lowest BCUT2D eigenvalue weighted by Crippen LogP contribution is -2.12. The molecule has 0 spiro atoms. The molecule has 2 rings (SSSR count). The molecule has 0 atom stereocenters. The van der Waals surface area contributed by atoms with Gasteiger partial charge in [-0.1, -0.05) is 42.8 Å².